The summed E-state index contributed by atoms with van der Waals surface area (Å²) in [5.74, 6) is 2.60. The van der Waals surface area contributed by atoms with Gasteiger partial charge in [0.15, 0.2) is 0 Å². The summed E-state index contributed by atoms with van der Waals surface area (Å²) in [4.78, 5) is 5.36. The van der Waals surface area contributed by atoms with Gasteiger partial charge in [0, 0.05) is 32.1 Å². The molecule has 2 aromatic carbocycles. The van der Waals surface area contributed by atoms with E-state index in [9.17, 15) is 4.39 Å². The zero-order valence-electron chi connectivity index (χ0n) is 19.8. The van der Waals surface area contributed by atoms with Crippen LogP contribution in [-0.4, -0.2) is 49.1 Å². The van der Waals surface area contributed by atoms with Crippen molar-refractivity contribution in [3.8, 4) is 5.75 Å². The number of nitrogens with zero attached hydrogens (tertiary/aromatic N) is 2. The van der Waals surface area contributed by atoms with Crippen molar-refractivity contribution in [3.63, 3.8) is 0 Å². The van der Waals surface area contributed by atoms with Gasteiger partial charge in [0.2, 0.25) is 0 Å². The minimum Gasteiger partial charge on any atom is -0.494 e. The molecule has 0 N–H and O–H groups in total. The van der Waals surface area contributed by atoms with Crippen molar-refractivity contribution >= 4 is 11.3 Å². The van der Waals surface area contributed by atoms with Gasteiger partial charge in [0.05, 0.1) is 6.61 Å². The summed E-state index contributed by atoms with van der Waals surface area (Å²) < 4.78 is 18.9. The molecule has 180 valence electrons. The third-order valence-electron chi connectivity index (χ3n) is 7.55. The molecule has 0 aliphatic carbocycles. The minimum atomic E-state index is -0.216. The minimum absolute atomic E-state index is 0.216. The van der Waals surface area contributed by atoms with E-state index in [1.807, 2.05) is 11.3 Å². The maximum absolute atomic E-state index is 13.0. The maximum atomic E-state index is 13.0. The molecular formula is C29H35FN2OS. The second-order valence-electron chi connectivity index (χ2n) is 9.94. The van der Waals surface area contributed by atoms with E-state index in [1.165, 1.54) is 62.3 Å². The van der Waals surface area contributed by atoms with Gasteiger partial charge in [-0.25, -0.2) is 4.39 Å². The van der Waals surface area contributed by atoms with Crippen LogP contribution in [0.25, 0.3) is 0 Å². The van der Waals surface area contributed by atoms with Gasteiger partial charge in [-0.1, -0.05) is 30.3 Å². The number of rotatable bonds is 9. The highest BCUT2D eigenvalue weighted by Gasteiger charge is 2.35. The standard InChI is InChI=1S/C29H35FN2OS/c30-27-6-8-28(9-7-27)33-16-12-23-10-14-31(15-11-23)19-26-20-32(18-24-4-2-1-3-5-24)21-29(26)25-13-17-34-22-25/h1-9,13,17,22-23,26,29H,10-12,14-16,18-21H2/t26-,29?/m1/s1. The van der Waals surface area contributed by atoms with Gasteiger partial charge >= 0.3 is 0 Å². The summed E-state index contributed by atoms with van der Waals surface area (Å²) in [6, 6.07) is 19.6. The zero-order valence-corrected chi connectivity index (χ0v) is 20.6. The normalized spacial score (nSPS) is 22.3. The monoisotopic (exact) mass is 478 g/mol. The lowest BCUT2D eigenvalue weighted by Gasteiger charge is -2.34. The quantitative estimate of drug-likeness (QED) is 0.360. The Labute approximate surface area is 207 Å². The molecule has 5 heteroatoms. The fourth-order valence-corrected chi connectivity index (χ4v) is 6.37. The van der Waals surface area contributed by atoms with Gasteiger partial charge in [-0.3, -0.25) is 4.90 Å². The molecule has 2 saturated heterocycles. The molecule has 2 atom stereocenters. The Morgan fingerprint density at radius 2 is 1.71 bits per heavy atom. The predicted molar refractivity (Wildman–Crippen MR) is 138 cm³/mol. The van der Waals surface area contributed by atoms with E-state index >= 15 is 0 Å². The average molecular weight is 479 g/mol. The molecule has 3 heterocycles. The molecule has 5 rings (SSSR count). The van der Waals surface area contributed by atoms with Crippen LogP contribution in [0.15, 0.2) is 71.4 Å². The molecule has 0 bridgehead atoms. The Balaban J connectivity index is 1.10. The van der Waals surface area contributed by atoms with Gasteiger partial charge in [-0.15, -0.1) is 0 Å². The number of hydrogen-bond acceptors (Lipinski definition) is 4. The van der Waals surface area contributed by atoms with Crippen molar-refractivity contribution in [2.45, 2.75) is 31.7 Å². The first-order valence-corrected chi connectivity index (χ1v) is 13.6. The molecule has 34 heavy (non-hydrogen) atoms. The molecule has 1 unspecified atom stereocenters. The number of thiophene rings is 1. The highest BCUT2D eigenvalue weighted by molar-refractivity contribution is 7.08. The summed E-state index contributed by atoms with van der Waals surface area (Å²) in [5, 5.41) is 4.59. The second kappa shape index (κ2) is 11.5. The van der Waals surface area contributed by atoms with E-state index in [-0.39, 0.29) is 5.82 Å². The van der Waals surface area contributed by atoms with Crippen LogP contribution in [0, 0.1) is 17.7 Å². The fraction of sp³-hybridized carbons (Fsp3) is 0.448. The number of likely N-dealkylation sites (tertiary alicyclic amines) is 2. The Kier molecular flexibility index (Phi) is 7.94. The molecule has 0 radical (unpaired) electrons. The van der Waals surface area contributed by atoms with Gasteiger partial charge in [0.25, 0.3) is 0 Å². The van der Waals surface area contributed by atoms with Crippen LogP contribution in [0.5, 0.6) is 5.75 Å². The number of ether oxygens (including phenoxy) is 1. The first-order valence-electron chi connectivity index (χ1n) is 12.6. The van der Waals surface area contributed by atoms with E-state index in [1.54, 1.807) is 12.1 Å². The Morgan fingerprint density at radius 3 is 2.44 bits per heavy atom. The summed E-state index contributed by atoms with van der Waals surface area (Å²) in [6.07, 6.45) is 3.57. The van der Waals surface area contributed by atoms with Crippen LogP contribution in [0.1, 0.15) is 36.3 Å². The predicted octanol–water partition coefficient (Wildman–Crippen LogP) is 6.28. The van der Waals surface area contributed by atoms with E-state index in [0.29, 0.717) is 18.4 Å². The van der Waals surface area contributed by atoms with Crippen LogP contribution in [0.3, 0.4) is 0 Å². The first-order chi connectivity index (χ1) is 16.7. The summed E-state index contributed by atoms with van der Waals surface area (Å²) in [6.45, 7) is 7.68. The van der Waals surface area contributed by atoms with Crippen LogP contribution in [-0.2, 0) is 6.54 Å². The van der Waals surface area contributed by atoms with E-state index in [0.717, 1.165) is 31.2 Å². The fourth-order valence-electron chi connectivity index (χ4n) is 5.64. The lowest BCUT2D eigenvalue weighted by atomic mass is 9.88. The number of halogens is 1. The third kappa shape index (κ3) is 6.26. The van der Waals surface area contributed by atoms with Gasteiger partial charge in [-0.05, 0) is 96.4 Å². The van der Waals surface area contributed by atoms with Crippen LogP contribution < -0.4 is 4.74 Å². The largest absolute Gasteiger partial charge is 0.494 e. The highest BCUT2D eigenvalue weighted by atomic mass is 32.1. The smallest absolute Gasteiger partial charge is 0.123 e. The lowest BCUT2D eigenvalue weighted by Crippen LogP contribution is -2.39. The van der Waals surface area contributed by atoms with Crippen LogP contribution in [0.2, 0.25) is 0 Å². The molecular weight excluding hydrogens is 443 g/mol. The molecule has 0 spiro atoms. The van der Waals surface area contributed by atoms with Crippen molar-refractivity contribution in [2.24, 2.45) is 11.8 Å². The number of piperidine rings is 1. The van der Waals surface area contributed by atoms with E-state index in [4.69, 9.17) is 4.74 Å². The van der Waals surface area contributed by atoms with Crippen molar-refractivity contribution in [3.05, 3.63) is 88.4 Å². The van der Waals surface area contributed by atoms with Gasteiger partial charge in [0.1, 0.15) is 11.6 Å². The van der Waals surface area contributed by atoms with Gasteiger partial charge < -0.3 is 9.64 Å². The first kappa shape index (κ1) is 23.5. The van der Waals surface area contributed by atoms with Crippen molar-refractivity contribution < 1.29 is 9.13 Å². The second-order valence-corrected chi connectivity index (χ2v) is 10.7. The highest BCUT2D eigenvalue weighted by Crippen LogP contribution is 2.36. The summed E-state index contributed by atoms with van der Waals surface area (Å²) in [7, 11) is 0. The van der Waals surface area contributed by atoms with Crippen molar-refractivity contribution in [1.82, 2.24) is 9.80 Å². The third-order valence-corrected chi connectivity index (χ3v) is 8.25. The van der Waals surface area contributed by atoms with Gasteiger partial charge in [-0.2, -0.15) is 11.3 Å². The lowest BCUT2D eigenvalue weighted by molar-refractivity contribution is 0.142. The zero-order chi connectivity index (χ0) is 23.2. The molecule has 3 aromatic rings. The van der Waals surface area contributed by atoms with Crippen LogP contribution in [0.4, 0.5) is 4.39 Å². The van der Waals surface area contributed by atoms with Crippen LogP contribution >= 0.6 is 11.3 Å². The summed E-state index contributed by atoms with van der Waals surface area (Å²) >= 11 is 1.82. The molecule has 2 aliphatic rings. The number of hydrogen-bond donors (Lipinski definition) is 0. The molecule has 1 aromatic heterocycles. The Bertz CT molecular complexity index is 987. The molecule has 3 nitrogen and oxygen atoms in total. The maximum Gasteiger partial charge on any atom is 0.123 e. The van der Waals surface area contributed by atoms with E-state index in [2.05, 4.69) is 57.0 Å². The Hall–Kier alpha value is -2.21. The molecule has 0 saturated carbocycles. The molecule has 2 fully saturated rings. The average Bonchev–Trinajstić information content (AvgIpc) is 3.52. The number of benzene rings is 2. The Morgan fingerprint density at radius 1 is 0.912 bits per heavy atom. The van der Waals surface area contributed by atoms with Crippen molar-refractivity contribution in [2.75, 3.05) is 39.3 Å². The SMILES string of the molecule is Fc1ccc(OCCC2CCN(C[C@@H]3CN(Cc4ccccc4)CC3c3ccsc3)CC2)cc1. The summed E-state index contributed by atoms with van der Waals surface area (Å²) in [5.41, 5.74) is 2.94. The van der Waals surface area contributed by atoms with Crippen molar-refractivity contribution in [1.29, 1.82) is 0 Å². The molecule has 2 aliphatic heterocycles. The topological polar surface area (TPSA) is 15.7 Å². The van der Waals surface area contributed by atoms with E-state index < -0.39 is 0 Å². The molecule has 0 amide bonds.